The quantitative estimate of drug-likeness (QED) is 0.0262. The molecular formula is C57H104O6. The molecular weight excluding hydrogens is 781 g/mol. The van der Waals surface area contributed by atoms with Gasteiger partial charge in [-0.2, -0.15) is 0 Å². The van der Waals surface area contributed by atoms with Gasteiger partial charge in [0.05, 0.1) is 0 Å². The molecule has 0 N–H and O–H groups in total. The van der Waals surface area contributed by atoms with Gasteiger partial charge in [-0.15, -0.1) is 0 Å². The van der Waals surface area contributed by atoms with Crippen molar-refractivity contribution in [3.63, 3.8) is 0 Å². The van der Waals surface area contributed by atoms with Crippen LogP contribution >= 0.6 is 0 Å². The Bertz CT molecular complexity index is 1060. The molecule has 368 valence electrons. The van der Waals surface area contributed by atoms with Crippen LogP contribution in [-0.4, -0.2) is 37.2 Å². The summed E-state index contributed by atoms with van der Waals surface area (Å²) >= 11 is 0. The van der Waals surface area contributed by atoms with Crippen molar-refractivity contribution in [2.45, 2.75) is 297 Å². The first-order chi connectivity index (χ1) is 31.0. The van der Waals surface area contributed by atoms with Crippen molar-refractivity contribution in [2.75, 3.05) is 13.2 Å². The van der Waals surface area contributed by atoms with Gasteiger partial charge in [-0.25, -0.2) is 0 Å². The number of carbonyl (C=O) groups excluding carboxylic acids is 3. The SMILES string of the molecule is CCCC/C=C\CCCCCCCC(=O)OC[C@@H](COC(=O)CCCCCCCCCCCCC/C=C\CCCCCCCC)OC(=O)CCCCCCC/C=C\CCCCCC. The Morgan fingerprint density at radius 3 is 0.857 bits per heavy atom. The van der Waals surface area contributed by atoms with Gasteiger partial charge in [0.1, 0.15) is 13.2 Å². The summed E-state index contributed by atoms with van der Waals surface area (Å²) in [7, 11) is 0. The highest BCUT2D eigenvalue weighted by atomic mass is 16.6. The van der Waals surface area contributed by atoms with Crippen LogP contribution in [0.2, 0.25) is 0 Å². The van der Waals surface area contributed by atoms with Crippen molar-refractivity contribution in [1.29, 1.82) is 0 Å². The zero-order chi connectivity index (χ0) is 45.8. The van der Waals surface area contributed by atoms with Crippen LogP contribution < -0.4 is 0 Å². The number of hydrogen-bond donors (Lipinski definition) is 0. The standard InChI is InChI=1S/C57H104O6/c1-4-7-10-13-16-19-22-24-25-26-27-28-29-30-31-33-35-38-41-44-47-50-56(59)62-53-54(52-61-55(58)49-46-43-40-37-34-21-18-15-12-9-6-3)63-57(60)51-48-45-42-39-36-32-23-20-17-14-11-8-5-2/h15,18,20,23-25,54H,4-14,16-17,19,21-22,26-53H2,1-3H3/b18-15-,23-20-,25-24-/t54-/m0/s1. The summed E-state index contributed by atoms with van der Waals surface area (Å²) in [6.07, 6.45) is 61.4. The summed E-state index contributed by atoms with van der Waals surface area (Å²) in [5.74, 6) is -0.886. The lowest BCUT2D eigenvalue weighted by Crippen LogP contribution is -2.30. The number of unbranched alkanes of at least 4 members (excludes halogenated alkanes) is 33. The van der Waals surface area contributed by atoms with Crippen LogP contribution in [0.4, 0.5) is 0 Å². The largest absolute Gasteiger partial charge is 0.462 e. The fourth-order valence-corrected chi connectivity index (χ4v) is 7.88. The maximum Gasteiger partial charge on any atom is 0.306 e. The van der Waals surface area contributed by atoms with E-state index in [2.05, 4.69) is 57.2 Å². The zero-order valence-corrected chi connectivity index (χ0v) is 42.1. The smallest absolute Gasteiger partial charge is 0.306 e. The van der Waals surface area contributed by atoms with Gasteiger partial charge < -0.3 is 14.2 Å². The van der Waals surface area contributed by atoms with Crippen LogP contribution in [-0.2, 0) is 28.6 Å². The van der Waals surface area contributed by atoms with Crippen LogP contribution in [0.3, 0.4) is 0 Å². The molecule has 0 aliphatic carbocycles. The minimum absolute atomic E-state index is 0.0766. The Balaban J connectivity index is 4.27. The normalized spacial score (nSPS) is 12.2. The molecule has 63 heavy (non-hydrogen) atoms. The molecule has 1 atom stereocenters. The lowest BCUT2D eigenvalue weighted by Gasteiger charge is -2.18. The average Bonchev–Trinajstić information content (AvgIpc) is 3.28. The van der Waals surface area contributed by atoms with E-state index in [1.807, 2.05) is 0 Å². The molecule has 0 rings (SSSR count). The van der Waals surface area contributed by atoms with E-state index in [1.165, 1.54) is 173 Å². The van der Waals surface area contributed by atoms with Gasteiger partial charge in [0.25, 0.3) is 0 Å². The highest BCUT2D eigenvalue weighted by molar-refractivity contribution is 5.71. The molecule has 0 fully saturated rings. The van der Waals surface area contributed by atoms with Gasteiger partial charge in [0.2, 0.25) is 0 Å². The number of ether oxygens (including phenoxy) is 3. The predicted molar refractivity (Wildman–Crippen MR) is 270 cm³/mol. The van der Waals surface area contributed by atoms with E-state index in [1.54, 1.807) is 0 Å². The first kappa shape index (κ1) is 60.6. The Hall–Kier alpha value is -2.37. The molecule has 0 bridgehead atoms. The summed E-state index contributed by atoms with van der Waals surface area (Å²) in [6, 6.07) is 0. The number of rotatable bonds is 50. The number of hydrogen-bond acceptors (Lipinski definition) is 6. The molecule has 0 aromatic heterocycles. The van der Waals surface area contributed by atoms with Crippen LogP contribution in [0.1, 0.15) is 290 Å². The lowest BCUT2D eigenvalue weighted by molar-refractivity contribution is -0.167. The van der Waals surface area contributed by atoms with E-state index in [9.17, 15) is 14.4 Å². The van der Waals surface area contributed by atoms with Crippen molar-refractivity contribution in [3.05, 3.63) is 36.5 Å². The maximum atomic E-state index is 12.8. The second-order valence-corrected chi connectivity index (χ2v) is 18.5. The number of allylic oxidation sites excluding steroid dienone is 6. The van der Waals surface area contributed by atoms with Crippen molar-refractivity contribution in [2.24, 2.45) is 0 Å². The Kier molecular flexibility index (Phi) is 50.3. The first-order valence-corrected chi connectivity index (χ1v) is 27.5. The van der Waals surface area contributed by atoms with E-state index >= 15 is 0 Å². The average molecular weight is 885 g/mol. The summed E-state index contributed by atoms with van der Waals surface area (Å²) in [5.41, 5.74) is 0. The molecule has 0 heterocycles. The molecule has 6 heteroatoms. The van der Waals surface area contributed by atoms with Crippen molar-refractivity contribution in [1.82, 2.24) is 0 Å². The first-order valence-electron chi connectivity index (χ1n) is 27.5. The molecule has 0 aliphatic heterocycles. The van der Waals surface area contributed by atoms with E-state index in [4.69, 9.17) is 14.2 Å². The molecule has 0 unspecified atom stereocenters. The van der Waals surface area contributed by atoms with Gasteiger partial charge in [-0.3, -0.25) is 14.4 Å². The third kappa shape index (κ3) is 50.5. The fourth-order valence-electron chi connectivity index (χ4n) is 7.88. The Morgan fingerprint density at radius 1 is 0.302 bits per heavy atom. The molecule has 0 saturated carbocycles. The summed E-state index contributed by atoms with van der Waals surface area (Å²) in [4.78, 5) is 38.0. The lowest BCUT2D eigenvalue weighted by atomic mass is 10.0. The zero-order valence-electron chi connectivity index (χ0n) is 42.1. The van der Waals surface area contributed by atoms with Crippen LogP contribution in [0.5, 0.6) is 0 Å². The Labute approximate surface area is 391 Å². The van der Waals surface area contributed by atoms with Gasteiger partial charge in [-0.05, 0) is 89.9 Å². The number of carbonyl (C=O) groups is 3. The molecule has 6 nitrogen and oxygen atoms in total. The topological polar surface area (TPSA) is 78.9 Å². The second-order valence-electron chi connectivity index (χ2n) is 18.5. The molecule has 0 aromatic carbocycles. The van der Waals surface area contributed by atoms with Crippen molar-refractivity contribution >= 4 is 17.9 Å². The summed E-state index contributed by atoms with van der Waals surface area (Å²) in [6.45, 7) is 6.59. The monoisotopic (exact) mass is 885 g/mol. The van der Waals surface area contributed by atoms with Crippen LogP contribution in [0, 0.1) is 0 Å². The van der Waals surface area contributed by atoms with Gasteiger partial charge in [0.15, 0.2) is 6.10 Å². The molecule has 0 radical (unpaired) electrons. The molecule has 0 spiro atoms. The highest BCUT2D eigenvalue weighted by Crippen LogP contribution is 2.15. The Morgan fingerprint density at radius 2 is 0.540 bits per heavy atom. The van der Waals surface area contributed by atoms with Gasteiger partial charge in [0, 0.05) is 19.3 Å². The molecule has 0 aliphatic rings. The van der Waals surface area contributed by atoms with E-state index in [0.29, 0.717) is 19.3 Å². The summed E-state index contributed by atoms with van der Waals surface area (Å²) in [5, 5.41) is 0. The van der Waals surface area contributed by atoms with E-state index in [-0.39, 0.29) is 31.1 Å². The molecule has 0 saturated heterocycles. The van der Waals surface area contributed by atoms with E-state index < -0.39 is 6.10 Å². The van der Waals surface area contributed by atoms with Gasteiger partial charge >= 0.3 is 17.9 Å². The second kappa shape index (κ2) is 52.3. The maximum absolute atomic E-state index is 12.8. The summed E-state index contributed by atoms with van der Waals surface area (Å²) < 4.78 is 16.8. The molecule has 0 aromatic rings. The van der Waals surface area contributed by atoms with Crippen molar-refractivity contribution < 1.29 is 28.6 Å². The highest BCUT2D eigenvalue weighted by Gasteiger charge is 2.19. The number of esters is 3. The van der Waals surface area contributed by atoms with Crippen molar-refractivity contribution in [3.8, 4) is 0 Å². The van der Waals surface area contributed by atoms with Gasteiger partial charge in [-0.1, -0.05) is 218 Å². The predicted octanol–water partition coefficient (Wildman–Crippen LogP) is 18.1. The molecule has 0 amide bonds. The van der Waals surface area contributed by atoms with Crippen LogP contribution in [0.25, 0.3) is 0 Å². The minimum atomic E-state index is -0.777. The third-order valence-electron chi connectivity index (χ3n) is 12.1. The third-order valence-corrected chi connectivity index (χ3v) is 12.1. The van der Waals surface area contributed by atoms with Crippen LogP contribution in [0.15, 0.2) is 36.5 Å². The van der Waals surface area contributed by atoms with E-state index in [0.717, 1.165) is 77.0 Å². The fraction of sp³-hybridized carbons (Fsp3) is 0.842. The minimum Gasteiger partial charge on any atom is -0.462 e.